The Morgan fingerprint density at radius 3 is 2.29 bits per heavy atom. The van der Waals surface area contributed by atoms with Crippen molar-refractivity contribution in [2.75, 3.05) is 12.9 Å². The van der Waals surface area contributed by atoms with Gasteiger partial charge in [-0.15, -0.1) is 0 Å². The molecule has 0 saturated carbocycles. The largest absolute Gasteiger partial charge is 0.486 e. The number of benzene rings is 3. The highest BCUT2D eigenvalue weighted by atomic mass is 32.2. The van der Waals surface area contributed by atoms with Gasteiger partial charge in [-0.25, -0.2) is 13.2 Å². The third-order valence-electron chi connectivity index (χ3n) is 4.62. The van der Waals surface area contributed by atoms with E-state index in [0.29, 0.717) is 29.5 Å². The van der Waals surface area contributed by atoms with Crippen molar-refractivity contribution in [3.8, 4) is 17.2 Å². The van der Waals surface area contributed by atoms with Gasteiger partial charge < -0.3 is 14.2 Å². The van der Waals surface area contributed by atoms with Crippen LogP contribution in [0.5, 0.6) is 17.2 Å². The lowest BCUT2D eigenvalue weighted by molar-refractivity contribution is -0.144. The van der Waals surface area contributed by atoms with Gasteiger partial charge >= 0.3 is 5.97 Å². The van der Waals surface area contributed by atoms with E-state index in [1.54, 1.807) is 44.2 Å². The van der Waals surface area contributed by atoms with Crippen LogP contribution in [0.25, 0.3) is 0 Å². The Balaban J connectivity index is 1.83. The maximum atomic E-state index is 11.8. The van der Waals surface area contributed by atoms with Gasteiger partial charge in [0.2, 0.25) is 0 Å². The van der Waals surface area contributed by atoms with Crippen LogP contribution in [0.1, 0.15) is 19.4 Å². The molecule has 0 radical (unpaired) electrons. The van der Waals surface area contributed by atoms with Crippen LogP contribution >= 0.6 is 0 Å². The van der Waals surface area contributed by atoms with Crippen LogP contribution < -0.4 is 9.47 Å². The van der Waals surface area contributed by atoms with E-state index in [0.717, 1.165) is 11.8 Å². The van der Waals surface area contributed by atoms with Gasteiger partial charge in [-0.3, -0.25) is 0 Å². The van der Waals surface area contributed by atoms with Crippen LogP contribution in [0, 0.1) is 0 Å². The van der Waals surface area contributed by atoms with Crippen LogP contribution in [0.4, 0.5) is 5.69 Å². The molecule has 34 heavy (non-hydrogen) atoms. The van der Waals surface area contributed by atoms with Crippen LogP contribution in [-0.2, 0) is 26.0 Å². The predicted molar refractivity (Wildman–Crippen MR) is 127 cm³/mol. The first-order valence-corrected chi connectivity index (χ1v) is 12.5. The second-order valence-electron chi connectivity index (χ2n) is 7.39. The summed E-state index contributed by atoms with van der Waals surface area (Å²) in [7, 11) is -3.29. The number of esters is 1. The Bertz CT molecular complexity index is 1240. The zero-order valence-corrected chi connectivity index (χ0v) is 20.0. The molecule has 3 rings (SSSR count). The van der Waals surface area contributed by atoms with Crippen molar-refractivity contribution in [3.63, 3.8) is 0 Å². The molecule has 0 bridgehead atoms. The van der Waals surface area contributed by atoms with Gasteiger partial charge in [0.1, 0.15) is 23.8 Å². The first-order chi connectivity index (χ1) is 16.3. The van der Waals surface area contributed by atoms with Gasteiger partial charge in [0, 0.05) is 12.3 Å². The number of sulfone groups is 1. The fourth-order valence-corrected chi connectivity index (χ4v) is 3.47. The monoisotopic (exact) mass is 482 g/mol. The summed E-state index contributed by atoms with van der Waals surface area (Å²) in [5.74, 6) is 0.878. The second-order valence-corrected chi connectivity index (χ2v) is 9.41. The van der Waals surface area contributed by atoms with E-state index in [9.17, 15) is 13.2 Å². The Morgan fingerprint density at radius 2 is 1.65 bits per heavy atom. The summed E-state index contributed by atoms with van der Waals surface area (Å²) in [4.78, 5) is 12.0. The third kappa shape index (κ3) is 7.14. The quantitative estimate of drug-likeness (QED) is 0.279. The number of ether oxygens (including phenoxy) is 3. The Morgan fingerprint density at radius 1 is 0.971 bits per heavy atom. The highest BCUT2D eigenvalue weighted by Crippen LogP contribution is 2.35. The topological polar surface area (TPSA) is 104 Å². The molecule has 0 aliphatic heterocycles. The molecule has 1 atom stereocenters. The van der Waals surface area contributed by atoms with Crippen molar-refractivity contribution in [3.05, 3.63) is 78.4 Å². The first kappa shape index (κ1) is 24.9. The van der Waals surface area contributed by atoms with E-state index in [2.05, 4.69) is 10.2 Å². The fourth-order valence-electron chi connectivity index (χ4n) is 2.84. The summed E-state index contributed by atoms with van der Waals surface area (Å²) in [5.41, 5.74) is 1.39. The standard InChI is InChI=1S/C25H26N2O6S/c1-4-31-25(28)18(2)26-27-23-15-12-21(16-24(23)32-17-19-8-6-5-7-9-19)33-20-10-13-22(14-11-20)34(3,29)30/h5-16,18H,4,17H2,1-3H3. The SMILES string of the molecule is CCOC(=O)C(C)N=Nc1ccc(Oc2ccc(S(C)(=O)=O)cc2)cc1OCc1ccccc1. The zero-order valence-electron chi connectivity index (χ0n) is 19.2. The van der Waals surface area contributed by atoms with Crippen LogP contribution in [-0.4, -0.2) is 33.3 Å². The average molecular weight is 483 g/mol. The van der Waals surface area contributed by atoms with Crippen molar-refractivity contribution in [1.29, 1.82) is 0 Å². The Labute approximate surface area is 199 Å². The highest BCUT2D eigenvalue weighted by Gasteiger charge is 2.14. The van der Waals surface area contributed by atoms with Crippen LogP contribution in [0.15, 0.2) is 87.9 Å². The third-order valence-corrected chi connectivity index (χ3v) is 5.75. The molecule has 0 heterocycles. The number of hydrogen-bond donors (Lipinski definition) is 0. The molecule has 0 spiro atoms. The molecule has 0 aromatic heterocycles. The highest BCUT2D eigenvalue weighted by molar-refractivity contribution is 7.90. The van der Waals surface area contributed by atoms with Gasteiger partial charge in [0.15, 0.2) is 21.6 Å². The molecular formula is C25H26N2O6S. The van der Waals surface area contributed by atoms with Crippen LogP contribution in [0.3, 0.4) is 0 Å². The van der Waals surface area contributed by atoms with Crippen molar-refractivity contribution >= 4 is 21.5 Å². The molecule has 3 aromatic carbocycles. The lowest BCUT2D eigenvalue weighted by Gasteiger charge is -2.12. The number of carbonyl (C=O) groups is 1. The molecule has 0 saturated heterocycles. The molecule has 0 amide bonds. The average Bonchev–Trinajstić information content (AvgIpc) is 2.82. The van der Waals surface area contributed by atoms with Crippen molar-refractivity contribution in [2.24, 2.45) is 10.2 Å². The van der Waals surface area contributed by atoms with Gasteiger partial charge in [0.25, 0.3) is 0 Å². The molecule has 0 N–H and O–H groups in total. The predicted octanol–water partition coefficient (Wildman–Crippen LogP) is 5.50. The lowest BCUT2D eigenvalue weighted by atomic mass is 10.2. The number of rotatable bonds is 10. The molecule has 9 heteroatoms. The number of nitrogens with zero attached hydrogens (tertiary/aromatic N) is 2. The van der Waals surface area contributed by atoms with Gasteiger partial charge in [-0.1, -0.05) is 30.3 Å². The van der Waals surface area contributed by atoms with E-state index < -0.39 is 21.8 Å². The molecule has 8 nitrogen and oxygen atoms in total. The number of carbonyl (C=O) groups excluding carboxylic acids is 1. The summed E-state index contributed by atoms with van der Waals surface area (Å²) in [6.45, 7) is 3.89. The molecule has 0 fully saturated rings. The van der Waals surface area contributed by atoms with E-state index >= 15 is 0 Å². The minimum absolute atomic E-state index is 0.207. The molecular weight excluding hydrogens is 456 g/mol. The van der Waals surface area contributed by atoms with Crippen molar-refractivity contribution < 1.29 is 27.4 Å². The van der Waals surface area contributed by atoms with Gasteiger partial charge in [0.05, 0.1) is 11.5 Å². The van der Waals surface area contributed by atoms with E-state index in [1.807, 2.05) is 30.3 Å². The minimum atomic E-state index is -3.29. The number of azo groups is 1. The summed E-state index contributed by atoms with van der Waals surface area (Å²) in [6, 6.07) is 20.0. The summed E-state index contributed by atoms with van der Waals surface area (Å²) in [5, 5.41) is 8.23. The molecule has 0 aliphatic carbocycles. The van der Waals surface area contributed by atoms with Crippen LogP contribution in [0.2, 0.25) is 0 Å². The van der Waals surface area contributed by atoms with E-state index in [1.165, 1.54) is 12.1 Å². The molecule has 3 aromatic rings. The lowest BCUT2D eigenvalue weighted by Crippen LogP contribution is -2.17. The smallest absolute Gasteiger partial charge is 0.332 e. The normalized spacial score (nSPS) is 12.3. The Kier molecular flexibility index (Phi) is 8.37. The zero-order chi connectivity index (χ0) is 24.6. The minimum Gasteiger partial charge on any atom is -0.486 e. The van der Waals surface area contributed by atoms with Gasteiger partial charge in [-0.05, 0) is 55.8 Å². The molecule has 178 valence electrons. The summed E-state index contributed by atoms with van der Waals surface area (Å²) < 4.78 is 40.1. The van der Waals surface area contributed by atoms with E-state index in [4.69, 9.17) is 14.2 Å². The van der Waals surface area contributed by atoms with Gasteiger partial charge in [-0.2, -0.15) is 10.2 Å². The maximum absolute atomic E-state index is 11.8. The fraction of sp³-hybridized carbons (Fsp3) is 0.240. The van der Waals surface area contributed by atoms with E-state index in [-0.39, 0.29) is 11.5 Å². The van der Waals surface area contributed by atoms with Crippen molar-refractivity contribution in [2.45, 2.75) is 31.4 Å². The Hall–Kier alpha value is -3.72. The summed E-state index contributed by atoms with van der Waals surface area (Å²) in [6.07, 6.45) is 1.15. The second kappa shape index (κ2) is 11.4. The molecule has 0 aliphatic rings. The van der Waals surface area contributed by atoms with Crippen molar-refractivity contribution in [1.82, 2.24) is 0 Å². The maximum Gasteiger partial charge on any atom is 0.332 e. The summed E-state index contributed by atoms with van der Waals surface area (Å²) >= 11 is 0. The first-order valence-electron chi connectivity index (χ1n) is 10.6. The molecule has 1 unspecified atom stereocenters. The number of hydrogen-bond acceptors (Lipinski definition) is 8.